The SMILES string of the molecule is c1ccc(-c2ccc(-c3ccc(N(c4ccccc4)c4ccc(-c5ccc(-c6ccccc6)cc5)cc4)cc3)cc2)cc1. The Hall–Kier alpha value is -5.66. The number of nitrogens with zero attached hydrogens (tertiary/aromatic N) is 1. The Morgan fingerprint density at radius 2 is 0.395 bits per heavy atom. The molecule has 0 amide bonds. The van der Waals surface area contributed by atoms with E-state index in [2.05, 4.69) is 193 Å². The van der Waals surface area contributed by atoms with E-state index >= 15 is 0 Å². The van der Waals surface area contributed by atoms with Gasteiger partial charge in [-0.1, -0.05) is 152 Å². The molecule has 0 aliphatic heterocycles. The highest BCUT2D eigenvalue weighted by Crippen LogP contribution is 2.37. The van der Waals surface area contributed by atoms with Crippen molar-refractivity contribution in [1.29, 1.82) is 0 Å². The van der Waals surface area contributed by atoms with Crippen molar-refractivity contribution in [1.82, 2.24) is 0 Å². The van der Waals surface area contributed by atoms with Gasteiger partial charge in [0.1, 0.15) is 0 Å². The Morgan fingerprint density at radius 3 is 0.698 bits per heavy atom. The third kappa shape index (κ3) is 5.75. The average molecular weight is 550 g/mol. The number of anilines is 3. The molecule has 0 aromatic heterocycles. The predicted octanol–water partition coefficient (Wildman–Crippen LogP) is 11.8. The second-order valence-electron chi connectivity index (χ2n) is 10.7. The molecule has 0 unspecified atom stereocenters. The summed E-state index contributed by atoms with van der Waals surface area (Å²) in [4.78, 5) is 2.31. The second-order valence-corrected chi connectivity index (χ2v) is 10.7. The van der Waals surface area contributed by atoms with E-state index in [9.17, 15) is 0 Å². The number of hydrogen-bond donors (Lipinski definition) is 0. The van der Waals surface area contributed by atoms with Crippen LogP contribution in [0, 0.1) is 0 Å². The maximum Gasteiger partial charge on any atom is 0.0462 e. The number of rotatable bonds is 7. The van der Waals surface area contributed by atoms with E-state index < -0.39 is 0 Å². The van der Waals surface area contributed by atoms with Gasteiger partial charge in [0.2, 0.25) is 0 Å². The van der Waals surface area contributed by atoms with Crippen molar-refractivity contribution in [3.63, 3.8) is 0 Å². The lowest BCUT2D eigenvalue weighted by atomic mass is 9.99. The summed E-state index contributed by atoms with van der Waals surface area (Å²) in [6.45, 7) is 0. The lowest BCUT2D eigenvalue weighted by Crippen LogP contribution is -2.09. The van der Waals surface area contributed by atoms with Gasteiger partial charge in [0.25, 0.3) is 0 Å². The molecule has 0 fully saturated rings. The molecule has 7 rings (SSSR count). The molecular weight excluding hydrogens is 518 g/mol. The van der Waals surface area contributed by atoms with Crippen molar-refractivity contribution in [2.45, 2.75) is 0 Å². The third-order valence-electron chi connectivity index (χ3n) is 7.92. The van der Waals surface area contributed by atoms with Crippen LogP contribution in [0.3, 0.4) is 0 Å². The normalized spacial score (nSPS) is 10.8. The molecule has 0 saturated carbocycles. The molecule has 7 aromatic carbocycles. The van der Waals surface area contributed by atoms with E-state index in [1.165, 1.54) is 44.5 Å². The number of benzene rings is 7. The van der Waals surface area contributed by atoms with Gasteiger partial charge in [0, 0.05) is 17.1 Å². The molecule has 0 bridgehead atoms. The van der Waals surface area contributed by atoms with Crippen LogP contribution in [0.25, 0.3) is 44.5 Å². The van der Waals surface area contributed by atoms with E-state index in [-0.39, 0.29) is 0 Å². The summed E-state index contributed by atoms with van der Waals surface area (Å²) in [6.07, 6.45) is 0. The van der Waals surface area contributed by atoms with Crippen LogP contribution in [-0.4, -0.2) is 0 Å². The van der Waals surface area contributed by atoms with Crippen LogP contribution in [0.4, 0.5) is 17.1 Å². The zero-order valence-corrected chi connectivity index (χ0v) is 23.8. The molecule has 0 atom stereocenters. The van der Waals surface area contributed by atoms with Crippen molar-refractivity contribution in [2.24, 2.45) is 0 Å². The van der Waals surface area contributed by atoms with Gasteiger partial charge < -0.3 is 4.90 Å². The van der Waals surface area contributed by atoms with E-state index in [1.54, 1.807) is 0 Å². The second kappa shape index (κ2) is 12.1. The van der Waals surface area contributed by atoms with E-state index in [0.717, 1.165) is 17.1 Å². The Labute approximate surface area is 254 Å². The molecule has 0 aliphatic carbocycles. The van der Waals surface area contributed by atoms with Crippen LogP contribution < -0.4 is 4.90 Å². The third-order valence-corrected chi connectivity index (χ3v) is 7.92. The highest BCUT2D eigenvalue weighted by molar-refractivity contribution is 5.80. The molecule has 204 valence electrons. The van der Waals surface area contributed by atoms with E-state index in [0.29, 0.717) is 0 Å². The summed E-state index contributed by atoms with van der Waals surface area (Å²) in [5.74, 6) is 0. The van der Waals surface area contributed by atoms with Gasteiger partial charge in [0.05, 0.1) is 0 Å². The number of para-hydroxylation sites is 1. The van der Waals surface area contributed by atoms with Crippen molar-refractivity contribution >= 4 is 17.1 Å². The van der Waals surface area contributed by atoms with Crippen molar-refractivity contribution < 1.29 is 0 Å². The van der Waals surface area contributed by atoms with Gasteiger partial charge in [-0.3, -0.25) is 0 Å². The molecule has 1 heteroatoms. The first-order valence-electron chi connectivity index (χ1n) is 14.7. The van der Waals surface area contributed by atoms with Gasteiger partial charge >= 0.3 is 0 Å². The summed E-state index contributed by atoms with van der Waals surface area (Å²) in [5.41, 5.74) is 13.1. The van der Waals surface area contributed by atoms with Crippen LogP contribution >= 0.6 is 0 Å². The fraction of sp³-hybridized carbons (Fsp3) is 0. The molecular formula is C42H31N. The lowest BCUT2D eigenvalue weighted by molar-refractivity contribution is 1.28. The van der Waals surface area contributed by atoms with Gasteiger partial charge in [-0.05, 0) is 80.9 Å². The van der Waals surface area contributed by atoms with Gasteiger partial charge in [-0.2, -0.15) is 0 Å². The molecule has 0 N–H and O–H groups in total. The largest absolute Gasteiger partial charge is 0.311 e. The molecule has 7 aromatic rings. The maximum atomic E-state index is 2.31. The Kier molecular flexibility index (Phi) is 7.36. The molecule has 0 spiro atoms. The zero-order chi connectivity index (χ0) is 28.8. The predicted molar refractivity (Wildman–Crippen MR) is 183 cm³/mol. The zero-order valence-electron chi connectivity index (χ0n) is 23.8. The topological polar surface area (TPSA) is 3.24 Å². The summed E-state index contributed by atoms with van der Waals surface area (Å²) < 4.78 is 0. The monoisotopic (exact) mass is 549 g/mol. The standard InChI is InChI=1S/C42H31N/c1-4-10-32(11-5-1)34-16-20-36(21-17-34)38-24-28-41(29-25-38)43(40-14-8-3-9-15-40)42-30-26-39(27-31-42)37-22-18-35(19-23-37)33-12-6-2-7-13-33/h1-31H. The smallest absolute Gasteiger partial charge is 0.0462 e. The summed E-state index contributed by atoms with van der Waals surface area (Å²) in [7, 11) is 0. The Balaban J connectivity index is 1.15. The van der Waals surface area contributed by atoms with Crippen LogP contribution in [0.5, 0.6) is 0 Å². The van der Waals surface area contributed by atoms with Crippen LogP contribution in [-0.2, 0) is 0 Å². The Bertz CT molecular complexity index is 1760. The fourth-order valence-corrected chi connectivity index (χ4v) is 5.60. The minimum Gasteiger partial charge on any atom is -0.311 e. The van der Waals surface area contributed by atoms with E-state index in [1.807, 2.05) is 0 Å². The van der Waals surface area contributed by atoms with Crippen molar-refractivity contribution in [3.8, 4) is 44.5 Å². The van der Waals surface area contributed by atoms with Gasteiger partial charge in [-0.25, -0.2) is 0 Å². The number of hydrogen-bond acceptors (Lipinski definition) is 1. The molecule has 0 aliphatic rings. The average Bonchev–Trinajstić information content (AvgIpc) is 3.10. The highest BCUT2D eigenvalue weighted by atomic mass is 15.1. The minimum atomic E-state index is 1.12. The molecule has 0 radical (unpaired) electrons. The lowest BCUT2D eigenvalue weighted by Gasteiger charge is -2.26. The summed E-state index contributed by atoms with van der Waals surface area (Å²) >= 11 is 0. The highest BCUT2D eigenvalue weighted by Gasteiger charge is 2.13. The van der Waals surface area contributed by atoms with Gasteiger partial charge in [-0.15, -0.1) is 0 Å². The van der Waals surface area contributed by atoms with Crippen LogP contribution in [0.1, 0.15) is 0 Å². The quantitative estimate of drug-likeness (QED) is 0.191. The van der Waals surface area contributed by atoms with Crippen molar-refractivity contribution in [3.05, 3.63) is 188 Å². The fourth-order valence-electron chi connectivity index (χ4n) is 5.60. The first-order chi connectivity index (χ1) is 21.3. The first-order valence-corrected chi connectivity index (χ1v) is 14.7. The van der Waals surface area contributed by atoms with Gasteiger partial charge in [0.15, 0.2) is 0 Å². The summed E-state index contributed by atoms with van der Waals surface area (Å²) in [6, 6.07) is 66.9. The molecule has 1 nitrogen and oxygen atoms in total. The molecule has 0 heterocycles. The first kappa shape index (κ1) is 26.3. The Morgan fingerprint density at radius 1 is 0.186 bits per heavy atom. The maximum absolute atomic E-state index is 2.31. The molecule has 43 heavy (non-hydrogen) atoms. The van der Waals surface area contributed by atoms with Crippen LogP contribution in [0.15, 0.2) is 188 Å². The van der Waals surface area contributed by atoms with Crippen molar-refractivity contribution in [2.75, 3.05) is 4.90 Å². The summed E-state index contributed by atoms with van der Waals surface area (Å²) in [5, 5.41) is 0. The molecule has 0 saturated heterocycles. The van der Waals surface area contributed by atoms with Crippen LogP contribution in [0.2, 0.25) is 0 Å². The minimum absolute atomic E-state index is 1.12. The van der Waals surface area contributed by atoms with E-state index in [4.69, 9.17) is 0 Å².